The van der Waals surface area contributed by atoms with E-state index in [0.29, 0.717) is 25.3 Å². The van der Waals surface area contributed by atoms with Crippen molar-refractivity contribution < 1.29 is 14.3 Å². The van der Waals surface area contributed by atoms with Gasteiger partial charge in [-0.05, 0) is 23.8 Å². The molecular weight excluding hydrogens is 296 g/mol. The number of anilines is 1. The van der Waals surface area contributed by atoms with Crippen LogP contribution in [0.25, 0.3) is 0 Å². The van der Waals surface area contributed by atoms with Gasteiger partial charge in [-0.15, -0.1) is 0 Å². The maximum atomic E-state index is 12.3. The lowest BCUT2D eigenvalue weighted by molar-refractivity contribution is -0.134. The molecule has 1 saturated heterocycles. The van der Waals surface area contributed by atoms with Crippen LogP contribution in [0.2, 0.25) is 0 Å². The van der Waals surface area contributed by atoms with Crippen LogP contribution >= 0.6 is 0 Å². The zero-order valence-corrected chi connectivity index (χ0v) is 12.4. The molecule has 1 aromatic carbocycles. The smallest absolute Gasteiger partial charge is 0.231 e. The number of amides is 1. The Bertz CT molecular complexity index is 717. The van der Waals surface area contributed by atoms with Gasteiger partial charge in [-0.1, -0.05) is 6.07 Å². The van der Waals surface area contributed by atoms with Gasteiger partial charge < -0.3 is 19.7 Å². The molecule has 0 unspecified atom stereocenters. The number of hydrogen-bond acceptors (Lipinski definition) is 6. The van der Waals surface area contributed by atoms with Crippen molar-refractivity contribution in [2.24, 2.45) is 0 Å². The van der Waals surface area contributed by atoms with Gasteiger partial charge in [-0.25, -0.2) is 9.97 Å². The van der Waals surface area contributed by atoms with Crippen LogP contribution in [-0.4, -0.2) is 46.7 Å². The first-order valence-corrected chi connectivity index (χ1v) is 7.47. The number of hydrogen-bond donors (Lipinski definition) is 1. The number of ether oxygens (including phenoxy) is 2. The second kappa shape index (κ2) is 5.75. The van der Waals surface area contributed by atoms with Gasteiger partial charge in [0.25, 0.3) is 0 Å². The van der Waals surface area contributed by atoms with Gasteiger partial charge in [0, 0.05) is 19.3 Å². The highest BCUT2D eigenvalue weighted by Gasteiger charge is 2.30. The number of benzene rings is 1. The Morgan fingerprint density at radius 3 is 2.96 bits per heavy atom. The van der Waals surface area contributed by atoms with Gasteiger partial charge in [0.2, 0.25) is 12.7 Å². The molecule has 1 amide bonds. The maximum absolute atomic E-state index is 12.3. The molecule has 2 aliphatic rings. The largest absolute Gasteiger partial charge is 0.454 e. The minimum atomic E-state index is 0.115. The van der Waals surface area contributed by atoms with E-state index in [1.54, 1.807) is 6.20 Å². The highest BCUT2D eigenvalue weighted by atomic mass is 16.7. The van der Waals surface area contributed by atoms with Crippen molar-refractivity contribution in [1.82, 2.24) is 14.9 Å². The first kappa shape index (κ1) is 13.8. The Labute approximate surface area is 133 Å². The molecule has 1 aromatic heterocycles. The fourth-order valence-electron chi connectivity index (χ4n) is 2.70. The first-order valence-electron chi connectivity index (χ1n) is 7.47. The SMILES string of the molecule is O=C(Cc1ccc2c(c1)OCO2)N1CC(Nc2ccncn2)C1. The lowest BCUT2D eigenvalue weighted by atomic mass is 10.1. The van der Waals surface area contributed by atoms with E-state index in [2.05, 4.69) is 15.3 Å². The number of nitrogens with one attached hydrogen (secondary N) is 1. The average Bonchev–Trinajstić information content (AvgIpc) is 2.99. The maximum Gasteiger partial charge on any atom is 0.231 e. The highest BCUT2D eigenvalue weighted by molar-refractivity contribution is 5.80. The van der Waals surface area contributed by atoms with Crippen molar-refractivity contribution in [2.45, 2.75) is 12.5 Å². The Morgan fingerprint density at radius 2 is 2.13 bits per heavy atom. The molecule has 0 saturated carbocycles. The second-order valence-electron chi connectivity index (χ2n) is 5.60. The van der Waals surface area contributed by atoms with E-state index < -0.39 is 0 Å². The molecule has 1 fully saturated rings. The molecule has 0 aliphatic carbocycles. The van der Waals surface area contributed by atoms with Crippen molar-refractivity contribution in [3.63, 3.8) is 0 Å². The number of carbonyl (C=O) groups is 1. The molecule has 0 spiro atoms. The van der Waals surface area contributed by atoms with Crippen LogP contribution in [-0.2, 0) is 11.2 Å². The zero-order chi connectivity index (χ0) is 15.6. The lowest BCUT2D eigenvalue weighted by Crippen LogP contribution is -2.57. The van der Waals surface area contributed by atoms with Crippen LogP contribution in [0.5, 0.6) is 11.5 Å². The summed E-state index contributed by atoms with van der Waals surface area (Å²) in [5, 5.41) is 3.28. The van der Waals surface area contributed by atoms with Crippen LogP contribution in [0, 0.1) is 0 Å². The van der Waals surface area contributed by atoms with Gasteiger partial charge >= 0.3 is 0 Å². The topological polar surface area (TPSA) is 76.6 Å². The minimum Gasteiger partial charge on any atom is -0.454 e. The summed E-state index contributed by atoms with van der Waals surface area (Å²) < 4.78 is 10.6. The molecular formula is C16H16N4O3. The molecule has 118 valence electrons. The number of aromatic nitrogens is 2. The van der Waals surface area contributed by atoms with Crippen LogP contribution in [0.3, 0.4) is 0 Å². The predicted molar refractivity (Wildman–Crippen MR) is 82.3 cm³/mol. The summed E-state index contributed by atoms with van der Waals surface area (Å²) in [6.45, 7) is 1.62. The summed E-state index contributed by atoms with van der Waals surface area (Å²) in [6.07, 6.45) is 3.57. The molecule has 7 nitrogen and oxygen atoms in total. The molecule has 7 heteroatoms. The van der Waals surface area contributed by atoms with Crippen molar-refractivity contribution in [3.8, 4) is 11.5 Å². The summed E-state index contributed by atoms with van der Waals surface area (Å²) in [4.78, 5) is 22.1. The van der Waals surface area contributed by atoms with Crippen molar-refractivity contribution >= 4 is 11.7 Å². The molecule has 0 radical (unpaired) electrons. The Hall–Kier alpha value is -2.83. The average molecular weight is 312 g/mol. The predicted octanol–water partition coefficient (Wildman–Crippen LogP) is 1.07. The Balaban J connectivity index is 1.30. The van der Waals surface area contributed by atoms with Gasteiger partial charge in [0.05, 0.1) is 12.5 Å². The highest BCUT2D eigenvalue weighted by Crippen LogP contribution is 2.32. The number of nitrogens with zero attached hydrogens (tertiary/aromatic N) is 3. The number of likely N-dealkylation sites (tertiary alicyclic amines) is 1. The molecule has 2 aromatic rings. The molecule has 4 rings (SSSR count). The molecule has 1 N–H and O–H groups in total. The summed E-state index contributed by atoms with van der Waals surface area (Å²) in [7, 11) is 0. The Kier molecular flexibility index (Phi) is 3.45. The van der Waals surface area contributed by atoms with E-state index in [4.69, 9.17) is 9.47 Å². The van der Waals surface area contributed by atoms with E-state index in [-0.39, 0.29) is 18.7 Å². The first-order chi connectivity index (χ1) is 11.3. The van der Waals surface area contributed by atoms with Crippen LogP contribution in [0.1, 0.15) is 5.56 Å². The summed E-state index contributed by atoms with van der Waals surface area (Å²) in [5.74, 6) is 2.35. The van der Waals surface area contributed by atoms with Crippen LogP contribution in [0.15, 0.2) is 36.8 Å². The molecule has 0 atom stereocenters. The lowest BCUT2D eigenvalue weighted by Gasteiger charge is -2.39. The van der Waals surface area contributed by atoms with E-state index in [0.717, 1.165) is 17.1 Å². The summed E-state index contributed by atoms with van der Waals surface area (Å²) >= 11 is 0. The third-order valence-corrected chi connectivity index (χ3v) is 3.96. The fraction of sp³-hybridized carbons (Fsp3) is 0.312. The molecule has 2 aliphatic heterocycles. The summed E-state index contributed by atoms with van der Waals surface area (Å²) in [5.41, 5.74) is 0.937. The van der Waals surface area contributed by atoms with Crippen molar-refractivity contribution in [3.05, 3.63) is 42.4 Å². The third-order valence-electron chi connectivity index (χ3n) is 3.96. The van der Waals surface area contributed by atoms with E-state index in [9.17, 15) is 4.79 Å². The van der Waals surface area contributed by atoms with Crippen LogP contribution < -0.4 is 14.8 Å². The van der Waals surface area contributed by atoms with Gasteiger partial charge in [0.1, 0.15) is 12.1 Å². The van der Waals surface area contributed by atoms with E-state index in [1.165, 1.54) is 6.33 Å². The normalized spacial score (nSPS) is 16.1. The van der Waals surface area contributed by atoms with E-state index >= 15 is 0 Å². The Morgan fingerprint density at radius 1 is 1.26 bits per heavy atom. The summed E-state index contributed by atoms with van der Waals surface area (Å²) in [6, 6.07) is 7.68. The molecule has 0 bridgehead atoms. The number of carbonyl (C=O) groups excluding carboxylic acids is 1. The third kappa shape index (κ3) is 2.90. The number of fused-ring (bicyclic) bond motifs is 1. The fourth-order valence-corrected chi connectivity index (χ4v) is 2.70. The second-order valence-corrected chi connectivity index (χ2v) is 5.60. The van der Waals surface area contributed by atoms with E-state index in [1.807, 2.05) is 29.2 Å². The molecule has 23 heavy (non-hydrogen) atoms. The van der Waals surface area contributed by atoms with Crippen LogP contribution in [0.4, 0.5) is 5.82 Å². The standard InChI is InChI=1S/C16H16N4O3/c21-16(6-11-1-2-13-14(5-11)23-10-22-13)20-7-12(8-20)19-15-3-4-17-9-18-15/h1-5,9,12H,6-8,10H2,(H,17,18,19). The van der Waals surface area contributed by atoms with Gasteiger partial charge in [-0.3, -0.25) is 4.79 Å². The quantitative estimate of drug-likeness (QED) is 0.910. The van der Waals surface area contributed by atoms with Crippen molar-refractivity contribution in [1.29, 1.82) is 0 Å². The van der Waals surface area contributed by atoms with Gasteiger partial charge in [0.15, 0.2) is 11.5 Å². The monoisotopic (exact) mass is 312 g/mol. The minimum absolute atomic E-state index is 0.115. The van der Waals surface area contributed by atoms with Crippen molar-refractivity contribution in [2.75, 3.05) is 25.2 Å². The number of rotatable bonds is 4. The molecule has 3 heterocycles. The van der Waals surface area contributed by atoms with Gasteiger partial charge in [-0.2, -0.15) is 0 Å². The zero-order valence-electron chi connectivity index (χ0n) is 12.4.